The second kappa shape index (κ2) is 4.45. The molecule has 2 nitrogen and oxygen atoms in total. The molecule has 1 atom stereocenters. The Morgan fingerprint density at radius 3 is 2.56 bits per heavy atom. The smallest absolute Gasteiger partial charge is 0.121 e. The van der Waals surface area contributed by atoms with Crippen molar-refractivity contribution < 1.29 is 5.11 Å². The third kappa shape index (κ3) is 2.12. The molecule has 0 saturated carbocycles. The molecule has 0 aliphatic rings. The van der Waals surface area contributed by atoms with E-state index in [0.29, 0.717) is 5.69 Å². The Bertz CT molecular complexity index is 479. The maximum absolute atomic E-state index is 10.2. The number of aliphatic hydroxyl groups is 1. The van der Waals surface area contributed by atoms with Crippen LogP contribution in [0.4, 0.5) is 0 Å². The van der Waals surface area contributed by atoms with Gasteiger partial charge >= 0.3 is 0 Å². The Labute approximate surface area is 95.6 Å². The molecule has 1 aromatic heterocycles. The van der Waals surface area contributed by atoms with Crippen LogP contribution in [0.15, 0.2) is 42.6 Å². The van der Waals surface area contributed by atoms with Gasteiger partial charge in [-0.15, -0.1) is 0 Å². The fraction of sp³-hybridized carbons (Fsp3) is 0.214. The van der Waals surface area contributed by atoms with Crippen LogP contribution < -0.4 is 0 Å². The van der Waals surface area contributed by atoms with Gasteiger partial charge in [-0.1, -0.05) is 29.8 Å². The van der Waals surface area contributed by atoms with E-state index < -0.39 is 6.10 Å². The van der Waals surface area contributed by atoms with Crippen molar-refractivity contribution in [1.82, 2.24) is 4.98 Å². The number of hydrogen-bond acceptors (Lipinski definition) is 2. The highest BCUT2D eigenvalue weighted by atomic mass is 16.3. The van der Waals surface area contributed by atoms with Crippen molar-refractivity contribution in [3.8, 4) is 0 Å². The lowest BCUT2D eigenvalue weighted by molar-refractivity contribution is 0.214. The van der Waals surface area contributed by atoms with E-state index in [-0.39, 0.29) is 0 Å². The maximum Gasteiger partial charge on any atom is 0.121 e. The van der Waals surface area contributed by atoms with Crippen LogP contribution in [0.5, 0.6) is 0 Å². The molecule has 0 aliphatic heterocycles. The van der Waals surface area contributed by atoms with E-state index >= 15 is 0 Å². The maximum atomic E-state index is 10.2. The number of rotatable bonds is 2. The van der Waals surface area contributed by atoms with Crippen LogP contribution in [-0.4, -0.2) is 10.1 Å². The SMILES string of the molecule is Cc1ccc([C@H](O)c2ccccn2)c(C)c1. The third-order valence-corrected chi connectivity index (χ3v) is 2.69. The number of pyridine rings is 1. The number of aliphatic hydroxyl groups excluding tert-OH is 1. The zero-order valence-corrected chi connectivity index (χ0v) is 9.51. The average molecular weight is 213 g/mol. The van der Waals surface area contributed by atoms with Crippen LogP contribution in [0.3, 0.4) is 0 Å². The van der Waals surface area contributed by atoms with E-state index in [1.54, 1.807) is 6.20 Å². The highest BCUT2D eigenvalue weighted by Crippen LogP contribution is 2.23. The zero-order chi connectivity index (χ0) is 11.5. The number of aromatic nitrogens is 1. The van der Waals surface area contributed by atoms with Crippen molar-refractivity contribution in [3.63, 3.8) is 0 Å². The first-order valence-corrected chi connectivity index (χ1v) is 5.34. The quantitative estimate of drug-likeness (QED) is 0.832. The molecule has 2 heteroatoms. The second-order valence-electron chi connectivity index (χ2n) is 4.02. The van der Waals surface area contributed by atoms with Crippen LogP contribution in [0, 0.1) is 13.8 Å². The Morgan fingerprint density at radius 2 is 1.94 bits per heavy atom. The normalized spacial score (nSPS) is 12.4. The molecule has 0 radical (unpaired) electrons. The lowest BCUT2D eigenvalue weighted by Crippen LogP contribution is -2.03. The summed E-state index contributed by atoms with van der Waals surface area (Å²) in [4.78, 5) is 4.17. The standard InChI is InChI=1S/C14H15NO/c1-10-6-7-12(11(2)9-10)14(16)13-5-3-4-8-15-13/h3-9,14,16H,1-2H3/t14-/m0/s1. The fourth-order valence-electron chi connectivity index (χ4n) is 1.83. The molecule has 1 heterocycles. The predicted molar refractivity (Wildman–Crippen MR) is 64.2 cm³/mol. The summed E-state index contributed by atoms with van der Waals surface area (Å²) < 4.78 is 0. The average Bonchev–Trinajstić information content (AvgIpc) is 2.29. The van der Waals surface area contributed by atoms with Gasteiger partial charge in [0.15, 0.2) is 0 Å². The van der Waals surface area contributed by atoms with Crippen molar-refractivity contribution in [2.45, 2.75) is 20.0 Å². The molecular formula is C14H15NO. The van der Waals surface area contributed by atoms with Gasteiger partial charge in [0.25, 0.3) is 0 Å². The van der Waals surface area contributed by atoms with Gasteiger partial charge in [-0.2, -0.15) is 0 Å². The Balaban J connectivity index is 2.38. The van der Waals surface area contributed by atoms with Gasteiger partial charge in [-0.05, 0) is 37.1 Å². The van der Waals surface area contributed by atoms with E-state index in [1.807, 2.05) is 44.2 Å². The molecule has 0 spiro atoms. The summed E-state index contributed by atoms with van der Waals surface area (Å²) in [7, 11) is 0. The highest BCUT2D eigenvalue weighted by Gasteiger charge is 2.13. The monoisotopic (exact) mass is 213 g/mol. The molecular weight excluding hydrogens is 198 g/mol. The van der Waals surface area contributed by atoms with Crippen molar-refractivity contribution in [1.29, 1.82) is 0 Å². The molecule has 0 unspecified atom stereocenters. The fourth-order valence-corrected chi connectivity index (χ4v) is 1.83. The number of hydrogen-bond donors (Lipinski definition) is 1. The van der Waals surface area contributed by atoms with Crippen LogP contribution >= 0.6 is 0 Å². The van der Waals surface area contributed by atoms with Crippen LogP contribution in [0.25, 0.3) is 0 Å². The van der Waals surface area contributed by atoms with E-state index in [9.17, 15) is 5.11 Å². The lowest BCUT2D eigenvalue weighted by Gasteiger charge is -2.13. The lowest BCUT2D eigenvalue weighted by atomic mass is 9.99. The highest BCUT2D eigenvalue weighted by molar-refractivity contribution is 5.35. The van der Waals surface area contributed by atoms with Crippen LogP contribution in [0.1, 0.15) is 28.5 Å². The molecule has 82 valence electrons. The molecule has 0 fully saturated rings. The molecule has 1 N–H and O–H groups in total. The minimum atomic E-state index is -0.637. The Morgan fingerprint density at radius 1 is 1.12 bits per heavy atom. The number of aryl methyl sites for hydroxylation is 2. The van der Waals surface area contributed by atoms with Gasteiger partial charge in [0.1, 0.15) is 6.10 Å². The number of benzene rings is 1. The molecule has 16 heavy (non-hydrogen) atoms. The summed E-state index contributed by atoms with van der Waals surface area (Å²) in [5, 5.41) is 10.2. The number of nitrogens with zero attached hydrogens (tertiary/aromatic N) is 1. The first kappa shape index (κ1) is 10.8. The molecule has 0 amide bonds. The van der Waals surface area contributed by atoms with Gasteiger partial charge in [0, 0.05) is 6.20 Å². The minimum absolute atomic E-state index is 0.637. The summed E-state index contributed by atoms with van der Waals surface area (Å²) in [6.45, 7) is 4.05. The molecule has 2 rings (SSSR count). The van der Waals surface area contributed by atoms with E-state index in [0.717, 1.165) is 11.1 Å². The van der Waals surface area contributed by atoms with Crippen molar-refractivity contribution >= 4 is 0 Å². The van der Waals surface area contributed by atoms with Gasteiger partial charge in [-0.3, -0.25) is 4.98 Å². The summed E-state index contributed by atoms with van der Waals surface area (Å²) in [5.74, 6) is 0. The topological polar surface area (TPSA) is 33.1 Å². The zero-order valence-electron chi connectivity index (χ0n) is 9.51. The van der Waals surface area contributed by atoms with E-state index in [1.165, 1.54) is 5.56 Å². The second-order valence-corrected chi connectivity index (χ2v) is 4.02. The first-order valence-electron chi connectivity index (χ1n) is 5.34. The molecule has 2 aromatic rings. The molecule has 1 aromatic carbocycles. The van der Waals surface area contributed by atoms with Gasteiger partial charge in [-0.25, -0.2) is 0 Å². The first-order chi connectivity index (χ1) is 7.68. The van der Waals surface area contributed by atoms with Crippen LogP contribution in [0.2, 0.25) is 0 Å². The van der Waals surface area contributed by atoms with Crippen molar-refractivity contribution in [3.05, 3.63) is 65.0 Å². The van der Waals surface area contributed by atoms with Crippen LogP contribution in [-0.2, 0) is 0 Å². The predicted octanol–water partition coefficient (Wildman–Crippen LogP) is 2.78. The summed E-state index contributed by atoms with van der Waals surface area (Å²) in [6.07, 6.45) is 1.06. The van der Waals surface area contributed by atoms with Gasteiger partial charge in [0.05, 0.1) is 5.69 Å². The van der Waals surface area contributed by atoms with Crippen molar-refractivity contribution in [2.75, 3.05) is 0 Å². The van der Waals surface area contributed by atoms with Gasteiger partial charge < -0.3 is 5.11 Å². The van der Waals surface area contributed by atoms with Crippen molar-refractivity contribution in [2.24, 2.45) is 0 Å². The Hall–Kier alpha value is -1.67. The molecule has 0 bridgehead atoms. The largest absolute Gasteiger partial charge is 0.382 e. The molecule has 0 aliphatic carbocycles. The Kier molecular flexibility index (Phi) is 3.02. The van der Waals surface area contributed by atoms with Gasteiger partial charge in [0.2, 0.25) is 0 Å². The third-order valence-electron chi connectivity index (χ3n) is 2.69. The van der Waals surface area contributed by atoms with E-state index in [2.05, 4.69) is 11.1 Å². The molecule has 0 saturated heterocycles. The van der Waals surface area contributed by atoms with E-state index in [4.69, 9.17) is 0 Å². The summed E-state index contributed by atoms with van der Waals surface area (Å²) >= 11 is 0. The summed E-state index contributed by atoms with van der Waals surface area (Å²) in [5.41, 5.74) is 3.91. The summed E-state index contributed by atoms with van der Waals surface area (Å²) in [6, 6.07) is 11.6. The minimum Gasteiger partial charge on any atom is -0.382 e.